The normalized spacial score (nSPS) is 23.2. The lowest BCUT2D eigenvalue weighted by Crippen LogP contribution is -2.20. The van der Waals surface area contributed by atoms with Gasteiger partial charge >= 0.3 is 0 Å². The van der Waals surface area contributed by atoms with Gasteiger partial charge in [-0.05, 0) is 77.6 Å². The van der Waals surface area contributed by atoms with E-state index in [4.69, 9.17) is 9.47 Å². The molecule has 3 aromatic rings. The van der Waals surface area contributed by atoms with Crippen molar-refractivity contribution in [2.24, 2.45) is 11.8 Å². The molecule has 0 N–H and O–H groups in total. The second-order valence-electron chi connectivity index (χ2n) is 9.04. The molecule has 0 radical (unpaired) electrons. The molecular formula is C29H31BrO2. The third-order valence-electron chi connectivity index (χ3n) is 7.36. The lowest BCUT2D eigenvalue weighted by Gasteiger charge is -2.28. The summed E-state index contributed by atoms with van der Waals surface area (Å²) in [5.41, 5.74) is 5.78. The third-order valence-corrected chi connectivity index (χ3v) is 7.92. The minimum Gasteiger partial charge on any atom is -0.494 e. The van der Waals surface area contributed by atoms with E-state index in [0.717, 1.165) is 48.1 Å². The number of fused-ring (bicyclic) bond motifs is 3. The van der Waals surface area contributed by atoms with Crippen molar-refractivity contribution >= 4 is 15.9 Å². The van der Waals surface area contributed by atoms with E-state index in [1.54, 1.807) is 0 Å². The van der Waals surface area contributed by atoms with Crippen molar-refractivity contribution in [2.75, 3.05) is 11.9 Å². The standard InChI is InChI=1S/C29H31BrO2/c1-2-26-28-15-9-22-19-25(32-20-21-7-4-3-5-8-21)14-16-27(22)29(26,28)23-10-12-24(13-11-23)31-18-6-17-30/h3-5,7-8,10-14,16,19,26,28H,2,6,9,15,17-18,20H2,1H3/t26-,28?,29-/m1/s1. The summed E-state index contributed by atoms with van der Waals surface area (Å²) in [5.74, 6) is 3.42. The zero-order chi connectivity index (χ0) is 22.0. The second kappa shape index (κ2) is 9.31. The van der Waals surface area contributed by atoms with E-state index in [1.807, 2.05) is 6.07 Å². The highest BCUT2D eigenvalue weighted by atomic mass is 79.9. The molecule has 0 heterocycles. The molecular weight excluding hydrogens is 460 g/mol. The maximum Gasteiger partial charge on any atom is 0.120 e. The molecule has 0 aromatic heterocycles. The van der Waals surface area contributed by atoms with Gasteiger partial charge in [0.05, 0.1) is 6.61 Å². The number of aryl methyl sites for hydroxylation is 1. The van der Waals surface area contributed by atoms with Crippen LogP contribution in [-0.4, -0.2) is 11.9 Å². The topological polar surface area (TPSA) is 18.5 Å². The molecule has 2 aliphatic rings. The fourth-order valence-electron chi connectivity index (χ4n) is 5.95. The van der Waals surface area contributed by atoms with Gasteiger partial charge in [-0.3, -0.25) is 0 Å². The summed E-state index contributed by atoms with van der Waals surface area (Å²) in [6.45, 7) is 3.71. The van der Waals surface area contributed by atoms with Crippen LogP contribution in [0.1, 0.15) is 48.4 Å². The summed E-state index contributed by atoms with van der Waals surface area (Å²) in [6, 6.07) is 26.1. The number of benzene rings is 3. The molecule has 0 saturated heterocycles. The highest BCUT2D eigenvalue weighted by Gasteiger charge is 2.66. The van der Waals surface area contributed by atoms with Gasteiger partial charge in [-0.15, -0.1) is 0 Å². The van der Waals surface area contributed by atoms with Gasteiger partial charge in [-0.25, -0.2) is 0 Å². The molecule has 0 amide bonds. The smallest absolute Gasteiger partial charge is 0.120 e. The van der Waals surface area contributed by atoms with Crippen molar-refractivity contribution in [3.8, 4) is 11.5 Å². The highest BCUT2D eigenvalue weighted by Crippen LogP contribution is 2.69. The number of rotatable bonds is 9. The summed E-state index contributed by atoms with van der Waals surface area (Å²) in [4.78, 5) is 0. The Kier molecular flexibility index (Phi) is 6.28. The Labute approximate surface area is 200 Å². The van der Waals surface area contributed by atoms with Crippen LogP contribution in [0.2, 0.25) is 0 Å². The van der Waals surface area contributed by atoms with Crippen LogP contribution in [0.5, 0.6) is 11.5 Å². The Morgan fingerprint density at radius 3 is 2.47 bits per heavy atom. The van der Waals surface area contributed by atoms with Gasteiger partial charge in [0.2, 0.25) is 0 Å². The van der Waals surface area contributed by atoms with Crippen molar-refractivity contribution < 1.29 is 9.47 Å². The average molecular weight is 491 g/mol. The summed E-state index contributed by atoms with van der Waals surface area (Å²) in [7, 11) is 0. The van der Waals surface area contributed by atoms with Crippen LogP contribution in [-0.2, 0) is 18.4 Å². The molecule has 0 bridgehead atoms. The molecule has 166 valence electrons. The zero-order valence-electron chi connectivity index (χ0n) is 18.7. The van der Waals surface area contributed by atoms with Gasteiger partial charge in [0.1, 0.15) is 18.1 Å². The Morgan fingerprint density at radius 1 is 0.938 bits per heavy atom. The first-order chi connectivity index (χ1) is 15.8. The lowest BCUT2D eigenvalue weighted by atomic mass is 9.77. The lowest BCUT2D eigenvalue weighted by molar-refractivity contribution is 0.305. The summed E-state index contributed by atoms with van der Waals surface area (Å²) < 4.78 is 12.0. The number of hydrogen-bond donors (Lipinski definition) is 0. The van der Waals surface area contributed by atoms with Gasteiger partial charge in [-0.2, -0.15) is 0 Å². The number of hydrogen-bond acceptors (Lipinski definition) is 2. The van der Waals surface area contributed by atoms with Gasteiger partial charge in [0, 0.05) is 10.7 Å². The Morgan fingerprint density at radius 2 is 1.72 bits per heavy atom. The quantitative estimate of drug-likeness (QED) is 0.231. The minimum absolute atomic E-state index is 0.161. The Balaban J connectivity index is 1.39. The molecule has 3 aromatic carbocycles. The van der Waals surface area contributed by atoms with Crippen molar-refractivity contribution in [3.63, 3.8) is 0 Å². The van der Waals surface area contributed by atoms with Crippen LogP contribution in [0.25, 0.3) is 0 Å². The number of halogens is 1. The van der Waals surface area contributed by atoms with Gasteiger partial charge in [-0.1, -0.05) is 77.8 Å². The predicted molar refractivity (Wildman–Crippen MR) is 134 cm³/mol. The van der Waals surface area contributed by atoms with Crippen molar-refractivity contribution in [1.29, 1.82) is 0 Å². The van der Waals surface area contributed by atoms with Crippen molar-refractivity contribution in [1.82, 2.24) is 0 Å². The molecule has 3 atom stereocenters. The Bertz CT molecular complexity index is 1040. The molecule has 3 heteroatoms. The fourth-order valence-corrected chi connectivity index (χ4v) is 6.18. The SMILES string of the molecule is CC[C@@H]1C2CCc3cc(OCc4ccccc4)ccc3[C@]21c1ccc(OCCCBr)cc1. The van der Waals surface area contributed by atoms with E-state index in [-0.39, 0.29) is 5.41 Å². The predicted octanol–water partition coefficient (Wildman–Crippen LogP) is 7.32. The Hall–Kier alpha value is -2.26. The molecule has 0 spiro atoms. The molecule has 1 fully saturated rings. The number of ether oxygens (including phenoxy) is 2. The summed E-state index contributed by atoms with van der Waals surface area (Å²) in [6.07, 6.45) is 4.65. The van der Waals surface area contributed by atoms with Crippen molar-refractivity contribution in [3.05, 3.63) is 95.1 Å². The van der Waals surface area contributed by atoms with E-state index >= 15 is 0 Å². The minimum atomic E-state index is 0.161. The molecule has 0 aliphatic heterocycles. The monoisotopic (exact) mass is 490 g/mol. The maximum absolute atomic E-state index is 6.14. The molecule has 2 nitrogen and oxygen atoms in total. The van der Waals surface area contributed by atoms with Crippen molar-refractivity contribution in [2.45, 2.75) is 44.6 Å². The van der Waals surface area contributed by atoms with Crippen LogP contribution in [0, 0.1) is 11.8 Å². The summed E-state index contributed by atoms with van der Waals surface area (Å²) >= 11 is 3.47. The average Bonchev–Trinajstić information content (AvgIpc) is 3.53. The van der Waals surface area contributed by atoms with E-state index in [2.05, 4.69) is 89.6 Å². The first-order valence-corrected chi connectivity index (χ1v) is 13.0. The fraction of sp³-hybridized carbons (Fsp3) is 0.379. The van der Waals surface area contributed by atoms with E-state index in [9.17, 15) is 0 Å². The van der Waals surface area contributed by atoms with E-state index in [1.165, 1.54) is 35.1 Å². The van der Waals surface area contributed by atoms with Crippen LogP contribution in [0.4, 0.5) is 0 Å². The maximum atomic E-state index is 6.14. The van der Waals surface area contributed by atoms with Crippen LogP contribution < -0.4 is 9.47 Å². The first kappa shape index (κ1) is 21.6. The van der Waals surface area contributed by atoms with Crippen LogP contribution in [0.3, 0.4) is 0 Å². The largest absolute Gasteiger partial charge is 0.494 e. The first-order valence-electron chi connectivity index (χ1n) is 11.9. The second-order valence-corrected chi connectivity index (χ2v) is 9.83. The summed E-state index contributed by atoms with van der Waals surface area (Å²) in [5, 5.41) is 0.974. The van der Waals surface area contributed by atoms with Crippen LogP contribution in [0.15, 0.2) is 72.8 Å². The molecule has 1 saturated carbocycles. The van der Waals surface area contributed by atoms with Crippen LogP contribution >= 0.6 is 15.9 Å². The highest BCUT2D eigenvalue weighted by molar-refractivity contribution is 9.09. The molecule has 32 heavy (non-hydrogen) atoms. The third kappa shape index (κ3) is 3.85. The van der Waals surface area contributed by atoms with Gasteiger partial charge in [0.15, 0.2) is 0 Å². The molecule has 1 unspecified atom stereocenters. The molecule has 2 aliphatic carbocycles. The van der Waals surface area contributed by atoms with Gasteiger partial charge in [0.25, 0.3) is 0 Å². The van der Waals surface area contributed by atoms with Gasteiger partial charge < -0.3 is 9.47 Å². The number of alkyl halides is 1. The zero-order valence-corrected chi connectivity index (χ0v) is 20.3. The van der Waals surface area contributed by atoms with E-state index in [0.29, 0.717) is 6.61 Å². The molecule has 5 rings (SSSR count). The van der Waals surface area contributed by atoms with E-state index < -0.39 is 0 Å².